The van der Waals surface area contributed by atoms with E-state index >= 15 is 0 Å². The lowest BCUT2D eigenvalue weighted by Gasteiger charge is -2.17. The van der Waals surface area contributed by atoms with Crippen LogP contribution in [0.15, 0.2) is 10.5 Å². The molecule has 0 spiro atoms. The topological polar surface area (TPSA) is 51.5 Å². The Labute approximate surface area is 114 Å². The number of furan rings is 1. The number of esters is 1. The Kier molecular flexibility index (Phi) is 3.99. The molecule has 0 aliphatic heterocycles. The van der Waals surface area contributed by atoms with Crippen molar-refractivity contribution in [3.63, 3.8) is 0 Å². The number of aryl methyl sites for hydroxylation is 1. The molecular formula is C15H23NO3. The van der Waals surface area contributed by atoms with Gasteiger partial charge < -0.3 is 14.5 Å². The maximum Gasteiger partial charge on any atom is 0.341 e. The van der Waals surface area contributed by atoms with Crippen molar-refractivity contribution in [2.24, 2.45) is 5.41 Å². The average Bonchev–Trinajstić information content (AvgIpc) is 2.88. The number of methoxy groups -OCH3 is 1. The van der Waals surface area contributed by atoms with Crippen LogP contribution < -0.4 is 5.32 Å². The fourth-order valence-electron chi connectivity index (χ4n) is 2.80. The molecule has 0 saturated heterocycles. The largest absolute Gasteiger partial charge is 0.465 e. The number of rotatable bonds is 4. The molecule has 1 aliphatic rings. The van der Waals surface area contributed by atoms with E-state index in [1.165, 1.54) is 26.4 Å². The number of ether oxygens (including phenoxy) is 1. The van der Waals surface area contributed by atoms with Gasteiger partial charge >= 0.3 is 5.97 Å². The van der Waals surface area contributed by atoms with E-state index in [4.69, 9.17) is 9.15 Å². The molecule has 1 atom stereocenters. The molecule has 1 aliphatic carbocycles. The Hall–Kier alpha value is -1.29. The first kappa shape index (κ1) is 14.1. The summed E-state index contributed by atoms with van der Waals surface area (Å²) in [7, 11) is 1.38. The third kappa shape index (κ3) is 3.38. The third-order valence-electron chi connectivity index (χ3n) is 3.91. The smallest absolute Gasteiger partial charge is 0.341 e. The minimum Gasteiger partial charge on any atom is -0.465 e. The fraction of sp³-hybridized carbons (Fsp3) is 0.667. The van der Waals surface area contributed by atoms with Crippen LogP contribution in [0.1, 0.15) is 55.0 Å². The molecule has 1 saturated carbocycles. The van der Waals surface area contributed by atoms with Crippen LogP contribution in [0.25, 0.3) is 0 Å². The normalized spacial score (nSPS) is 21.6. The minimum absolute atomic E-state index is 0.338. The van der Waals surface area contributed by atoms with Crippen LogP contribution in [-0.2, 0) is 11.3 Å². The highest BCUT2D eigenvalue weighted by Gasteiger charge is 2.30. The van der Waals surface area contributed by atoms with Gasteiger partial charge in [-0.25, -0.2) is 4.79 Å². The van der Waals surface area contributed by atoms with Crippen LogP contribution in [0.3, 0.4) is 0 Å². The SMILES string of the molecule is COC(=O)c1cc(CNC2CCC(C)(C)C2)oc1C. The van der Waals surface area contributed by atoms with Gasteiger partial charge in [-0.1, -0.05) is 13.8 Å². The van der Waals surface area contributed by atoms with Crippen LogP contribution in [0.5, 0.6) is 0 Å². The van der Waals surface area contributed by atoms with Crippen LogP contribution in [0.4, 0.5) is 0 Å². The maximum atomic E-state index is 11.5. The van der Waals surface area contributed by atoms with E-state index in [-0.39, 0.29) is 5.97 Å². The lowest BCUT2D eigenvalue weighted by Crippen LogP contribution is -2.26. The fourth-order valence-corrected chi connectivity index (χ4v) is 2.80. The molecule has 106 valence electrons. The van der Waals surface area contributed by atoms with E-state index in [0.29, 0.717) is 29.3 Å². The Balaban J connectivity index is 1.92. The lowest BCUT2D eigenvalue weighted by atomic mass is 9.92. The molecule has 0 radical (unpaired) electrons. The lowest BCUT2D eigenvalue weighted by molar-refractivity contribution is 0.0599. The van der Waals surface area contributed by atoms with E-state index in [0.717, 1.165) is 5.76 Å². The number of carbonyl (C=O) groups is 1. The number of hydrogen-bond acceptors (Lipinski definition) is 4. The monoisotopic (exact) mass is 265 g/mol. The summed E-state index contributed by atoms with van der Waals surface area (Å²) >= 11 is 0. The van der Waals surface area contributed by atoms with Crippen molar-refractivity contribution in [2.45, 2.75) is 52.6 Å². The zero-order valence-corrected chi connectivity index (χ0v) is 12.2. The summed E-state index contributed by atoms with van der Waals surface area (Å²) in [5.41, 5.74) is 0.958. The van der Waals surface area contributed by atoms with Crippen molar-refractivity contribution in [1.82, 2.24) is 5.32 Å². The van der Waals surface area contributed by atoms with Gasteiger partial charge in [0.1, 0.15) is 17.1 Å². The summed E-state index contributed by atoms with van der Waals surface area (Å²) in [4.78, 5) is 11.5. The summed E-state index contributed by atoms with van der Waals surface area (Å²) in [6, 6.07) is 2.32. The molecule has 0 bridgehead atoms. The highest BCUT2D eigenvalue weighted by molar-refractivity contribution is 5.90. The second-order valence-corrected chi connectivity index (χ2v) is 6.16. The van der Waals surface area contributed by atoms with Gasteiger partial charge in [0.15, 0.2) is 0 Å². The third-order valence-corrected chi connectivity index (χ3v) is 3.91. The summed E-state index contributed by atoms with van der Waals surface area (Å²) in [6.07, 6.45) is 3.66. The summed E-state index contributed by atoms with van der Waals surface area (Å²) < 4.78 is 10.3. The summed E-state index contributed by atoms with van der Waals surface area (Å²) in [5, 5.41) is 3.51. The van der Waals surface area contributed by atoms with Crippen molar-refractivity contribution in [3.8, 4) is 0 Å². The van der Waals surface area contributed by atoms with E-state index in [2.05, 4.69) is 19.2 Å². The number of carbonyl (C=O) groups excluding carboxylic acids is 1. The maximum absolute atomic E-state index is 11.5. The van der Waals surface area contributed by atoms with Gasteiger partial charge in [0, 0.05) is 6.04 Å². The predicted molar refractivity (Wildman–Crippen MR) is 73.0 cm³/mol. The Bertz CT molecular complexity index is 462. The first-order valence-electron chi connectivity index (χ1n) is 6.82. The number of nitrogens with one attached hydrogen (secondary N) is 1. The highest BCUT2D eigenvalue weighted by Crippen LogP contribution is 2.37. The van der Waals surface area contributed by atoms with Gasteiger partial charge in [-0.05, 0) is 37.7 Å². The molecule has 4 nitrogen and oxygen atoms in total. The molecule has 1 unspecified atom stereocenters. The molecule has 19 heavy (non-hydrogen) atoms. The average molecular weight is 265 g/mol. The van der Waals surface area contributed by atoms with Gasteiger partial charge in [-0.2, -0.15) is 0 Å². The molecule has 0 aromatic carbocycles. The Morgan fingerprint density at radius 3 is 2.89 bits per heavy atom. The molecule has 0 amide bonds. The van der Waals surface area contributed by atoms with Crippen molar-refractivity contribution in [2.75, 3.05) is 7.11 Å². The summed E-state index contributed by atoms with van der Waals surface area (Å²) in [5.74, 6) is 1.08. The van der Waals surface area contributed by atoms with Gasteiger partial charge in [-0.15, -0.1) is 0 Å². The van der Waals surface area contributed by atoms with E-state index in [9.17, 15) is 4.79 Å². The standard InChI is InChI=1S/C15H23NO3/c1-10-13(14(17)18-4)7-12(19-10)9-16-11-5-6-15(2,3)8-11/h7,11,16H,5-6,8-9H2,1-4H3. The Morgan fingerprint density at radius 1 is 1.58 bits per heavy atom. The van der Waals surface area contributed by atoms with E-state index in [1.807, 2.05) is 0 Å². The molecule has 1 heterocycles. The molecular weight excluding hydrogens is 242 g/mol. The second kappa shape index (κ2) is 5.37. The molecule has 4 heteroatoms. The van der Waals surface area contributed by atoms with Gasteiger partial charge in [0.05, 0.1) is 13.7 Å². The van der Waals surface area contributed by atoms with Crippen molar-refractivity contribution in [3.05, 3.63) is 23.2 Å². The van der Waals surface area contributed by atoms with Crippen LogP contribution in [0, 0.1) is 12.3 Å². The first-order chi connectivity index (χ1) is 8.91. The van der Waals surface area contributed by atoms with Crippen molar-refractivity contribution < 1.29 is 13.9 Å². The van der Waals surface area contributed by atoms with E-state index < -0.39 is 0 Å². The molecule has 2 rings (SSSR count). The minimum atomic E-state index is -0.338. The zero-order valence-electron chi connectivity index (χ0n) is 12.2. The van der Waals surface area contributed by atoms with Gasteiger partial charge in [0.2, 0.25) is 0 Å². The summed E-state index contributed by atoms with van der Waals surface area (Å²) in [6.45, 7) is 7.06. The highest BCUT2D eigenvalue weighted by atomic mass is 16.5. The molecule has 1 aromatic heterocycles. The van der Waals surface area contributed by atoms with E-state index in [1.54, 1.807) is 13.0 Å². The predicted octanol–water partition coefficient (Wildman–Crippen LogP) is 3.04. The quantitative estimate of drug-likeness (QED) is 0.850. The second-order valence-electron chi connectivity index (χ2n) is 6.16. The Morgan fingerprint density at radius 2 is 2.32 bits per heavy atom. The van der Waals surface area contributed by atoms with Crippen molar-refractivity contribution in [1.29, 1.82) is 0 Å². The van der Waals surface area contributed by atoms with Crippen LogP contribution in [-0.4, -0.2) is 19.1 Å². The van der Waals surface area contributed by atoms with Gasteiger partial charge in [0.25, 0.3) is 0 Å². The van der Waals surface area contributed by atoms with Crippen molar-refractivity contribution >= 4 is 5.97 Å². The first-order valence-corrected chi connectivity index (χ1v) is 6.82. The molecule has 1 aromatic rings. The van der Waals surface area contributed by atoms with Gasteiger partial charge in [-0.3, -0.25) is 0 Å². The molecule has 1 fully saturated rings. The number of hydrogen-bond donors (Lipinski definition) is 1. The molecule has 1 N–H and O–H groups in total. The van der Waals surface area contributed by atoms with Crippen LogP contribution in [0.2, 0.25) is 0 Å². The zero-order chi connectivity index (χ0) is 14.0. The van der Waals surface area contributed by atoms with Crippen LogP contribution >= 0.6 is 0 Å².